The van der Waals surface area contributed by atoms with Crippen LogP contribution in [0.5, 0.6) is 17.4 Å². The molecule has 0 radical (unpaired) electrons. The zero-order chi connectivity index (χ0) is 15.2. The average molecular weight is 288 g/mol. The third-order valence-electron chi connectivity index (χ3n) is 2.90. The van der Waals surface area contributed by atoms with E-state index >= 15 is 0 Å². The van der Waals surface area contributed by atoms with E-state index in [2.05, 4.69) is 10.3 Å². The summed E-state index contributed by atoms with van der Waals surface area (Å²) in [5, 5.41) is 12.4. The molecule has 6 heteroatoms. The number of carbonyl (C=O) groups is 1. The van der Waals surface area contributed by atoms with Crippen LogP contribution in [0.4, 0.5) is 0 Å². The summed E-state index contributed by atoms with van der Waals surface area (Å²) in [6.07, 6.45) is 1.61. The van der Waals surface area contributed by atoms with Crippen molar-refractivity contribution < 1.29 is 19.4 Å². The molecule has 2 N–H and O–H groups in total. The van der Waals surface area contributed by atoms with Gasteiger partial charge in [0.2, 0.25) is 5.88 Å². The lowest BCUT2D eigenvalue weighted by Crippen LogP contribution is -2.22. The van der Waals surface area contributed by atoms with Gasteiger partial charge in [-0.25, -0.2) is 4.98 Å². The fourth-order valence-corrected chi connectivity index (χ4v) is 1.79. The number of amides is 1. The number of pyridine rings is 1. The lowest BCUT2D eigenvalue weighted by molar-refractivity contribution is 0.0950. The highest BCUT2D eigenvalue weighted by atomic mass is 16.5. The summed E-state index contributed by atoms with van der Waals surface area (Å²) < 4.78 is 9.95. The predicted molar refractivity (Wildman–Crippen MR) is 76.6 cm³/mol. The van der Waals surface area contributed by atoms with Crippen molar-refractivity contribution in [1.82, 2.24) is 10.3 Å². The van der Waals surface area contributed by atoms with Gasteiger partial charge < -0.3 is 19.9 Å². The van der Waals surface area contributed by atoms with Crippen LogP contribution in [0.2, 0.25) is 0 Å². The molecule has 0 saturated carbocycles. The van der Waals surface area contributed by atoms with Crippen LogP contribution in [0.1, 0.15) is 15.9 Å². The van der Waals surface area contributed by atoms with Crippen molar-refractivity contribution in [3.63, 3.8) is 0 Å². The maximum Gasteiger partial charge on any atom is 0.251 e. The number of ether oxygens (including phenoxy) is 2. The van der Waals surface area contributed by atoms with Crippen LogP contribution in [-0.4, -0.2) is 30.2 Å². The van der Waals surface area contributed by atoms with Crippen molar-refractivity contribution in [2.45, 2.75) is 6.54 Å². The summed E-state index contributed by atoms with van der Waals surface area (Å²) >= 11 is 0. The van der Waals surface area contributed by atoms with E-state index in [0.29, 0.717) is 23.7 Å². The molecule has 0 aliphatic rings. The first kappa shape index (κ1) is 14.6. The highest BCUT2D eigenvalue weighted by Gasteiger charge is 2.09. The summed E-state index contributed by atoms with van der Waals surface area (Å²) in [4.78, 5) is 16.0. The monoisotopic (exact) mass is 288 g/mol. The number of benzene rings is 1. The summed E-state index contributed by atoms with van der Waals surface area (Å²) in [6.45, 7) is 0.338. The molecule has 0 spiro atoms. The number of methoxy groups -OCH3 is 2. The third kappa shape index (κ3) is 3.62. The maximum atomic E-state index is 12.0. The fraction of sp³-hybridized carbons (Fsp3) is 0.200. The smallest absolute Gasteiger partial charge is 0.251 e. The second-order valence-corrected chi connectivity index (χ2v) is 4.28. The molecule has 110 valence electrons. The minimum Gasteiger partial charge on any atom is -0.504 e. The molecule has 1 aromatic heterocycles. The first-order chi connectivity index (χ1) is 10.1. The molecule has 0 fully saturated rings. The molecule has 0 aliphatic heterocycles. The zero-order valence-electron chi connectivity index (χ0n) is 11.8. The average Bonchev–Trinajstić information content (AvgIpc) is 2.52. The Morgan fingerprint density at radius 1 is 1.24 bits per heavy atom. The summed E-state index contributed by atoms with van der Waals surface area (Å²) in [7, 11) is 2.98. The Morgan fingerprint density at radius 2 is 2.05 bits per heavy atom. The van der Waals surface area contributed by atoms with E-state index in [1.165, 1.54) is 20.3 Å². The Kier molecular flexibility index (Phi) is 4.61. The van der Waals surface area contributed by atoms with E-state index in [9.17, 15) is 9.90 Å². The number of carbonyl (C=O) groups excluding carboxylic acids is 1. The Morgan fingerprint density at radius 3 is 2.71 bits per heavy atom. The minimum absolute atomic E-state index is 0.0734. The molecular formula is C15H16N2O4. The van der Waals surface area contributed by atoms with Crippen molar-refractivity contribution in [1.29, 1.82) is 0 Å². The Bertz CT molecular complexity index is 643. The van der Waals surface area contributed by atoms with Crippen molar-refractivity contribution in [2.75, 3.05) is 14.2 Å². The van der Waals surface area contributed by atoms with E-state index in [0.717, 1.165) is 5.56 Å². The van der Waals surface area contributed by atoms with Gasteiger partial charge in [-0.1, -0.05) is 0 Å². The number of nitrogens with one attached hydrogen (secondary N) is 1. The summed E-state index contributed by atoms with van der Waals surface area (Å²) in [5.41, 5.74) is 1.22. The second kappa shape index (κ2) is 6.60. The number of phenols is 1. The number of phenolic OH excluding ortho intramolecular Hbond substituents is 1. The number of aromatic hydroxyl groups is 1. The van der Waals surface area contributed by atoms with E-state index < -0.39 is 0 Å². The SMILES string of the molecule is COc1cc(CNC(=O)c2ccc(OC)c(O)c2)ccn1. The van der Waals surface area contributed by atoms with Crippen LogP contribution < -0.4 is 14.8 Å². The largest absolute Gasteiger partial charge is 0.504 e. The lowest BCUT2D eigenvalue weighted by Gasteiger charge is -2.08. The van der Waals surface area contributed by atoms with Gasteiger partial charge in [0.15, 0.2) is 11.5 Å². The van der Waals surface area contributed by atoms with Gasteiger partial charge in [-0.2, -0.15) is 0 Å². The Balaban J connectivity index is 2.02. The molecule has 2 aromatic rings. The molecule has 0 bridgehead atoms. The van der Waals surface area contributed by atoms with Crippen molar-refractivity contribution in [3.05, 3.63) is 47.7 Å². The molecule has 21 heavy (non-hydrogen) atoms. The van der Waals surface area contributed by atoms with Gasteiger partial charge in [-0.05, 0) is 29.8 Å². The molecule has 0 aliphatic carbocycles. The van der Waals surface area contributed by atoms with Gasteiger partial charge in [0.1, 0.15) is 0 Å². The molecule has 0 saturated heterocycles. The molecule has 0 atom stereocenters. The van der Waals surface area contributed by atoms with Gasteiger partial charge in [0.05, 0.1) is 14.2 Å². The quantitative estimate of drug-likeness (QED) is 0.876. The van der Waals surface area contributed by atoms with Crippen molar-refractivity contribution in [3.8, 4) is 17.4 Å². The van der Waals surface area contributed by atoms with Crippen LogP contribution in [0, 0.1) is 0 Å². The van der Waals surface area contributed by atoms with E-state index in [1.807, 2.05) is 0 Å². The van der Waals surface area contributed by atoms with Gasteiger partial charge in [-0.3, -0.25) is 4.79 Å². The summed E-state index contributed by atoms with van der Waals surface area (Å²) in [6, 6.07) is 8.02. The molecule has 1 aromatic carbocycles. The van der Waals surface area contributed by atoms with Crippen LogP contribution in [0.3, 0.4) is 0 Å². The van der Waals surface area contributed by atoms with Crippen LogP contribution >= 0.6 is 0 Å². The normalized spacial score (nSPS) is 10.0. The number of aromatic nitrogens is 1. The van der Waals surface area contributed by atoms with Crippen LogP contribution in [-0.2, 0) is 6.54 Å². The van der Waals surface area contributed by atoms with Crippen LogP contribution in [0.15, 0.2) is 36.5 Å². The number of hydrogen-bond acceptors (Lipinski definition) is 5. The molecule has 6 nitrogen and oxygen atoms in total. The van der Waals surface area contributed by atoms with E-state index in [1.54, 1.807) is 30.5 Å². The number of rotatable bonds is 5. The highest BCUT2D eigenvalue weighted by molar-refractivity contribution is 5.94. The molecule has 1 amide bonds. The first-order valence-corrected chi connectivity index (χ1v) is 6.28. The molecule has 1 heterocycles. The van der Waals surface area contributed by atoms with Crippen LogP contribution in [0.25, 0.3) is 0 Å². The molecular weight excluding hydrogens is 272 g/mol. The van der Waals surface area contributed by atoms with Gasteiger partial charge in [0, 0.05) is 24.4 Å². The standard InChI is InChI=1S/C15H16N2O4/c1-20-13-4-3-11(8-12(13)18)15(19)17-9-10-5-6-16-14(7-10)21-2/h3-8,18H,9H2,1-2H3,(H,17,19). The number of hydrogen-bond donors (Lipinski definition) is 2. The predicted octanol–water partition coefficient (Wildman–Crippen LogP) is 1.73. The van der Waals surface area contributed by atoms with Crippen molar-refractivity contribution >= 4 is 5.91 Å². The second-order valence-electron chi connectivity index (χ2n) is 4.28. The third-order valence-corrected chi connectivity index (χ3v) is 2.90. The highest BCUT2D eigenvalue weighted by Crippen LogP contribution is 2.26. The fourth-order valence-electron chi connectivity index (χ4n) is 1.79. The maximum absolute atomic E-state index is 12.0. The first-order valence-electron chi connectivity index (χ1n) is 6.28. The topological polar surface area (TPSA) is 80.7 Å². The minimum atomic E-state index is -0.288. The van der Waals surface area contributed by atoms with Gasteiger partial charge in [-0.15, -0.1) is 0 Å². The van der Waals surface area contributed by atoms with Gasteiger partial charge in [0.25, 0.3) is 5.91 Å². The van der Waals surface area contributed by atoms with E-state index in [4.69, 9.17) is 9.47 Å². The Labute approximate surface area is 122 Å². The molecule has 0 unspecified atom stereocenters. The zero-order valence-corrected chi connectivity index (χ0v) is 11.8. The Hall–Kier alpha value is -2.76. The van der Waals surface area contributed by atoms with Gasteiger partial charge >= 0.3 is 0 Å². The number of nitrogens with zero attached hydrogens (tertiary/aromatic N) is 1. The van der Waals surface area contributed by atoms with E-state index in [-0.39, 0.29) is 11.7 Å². The van der Waals surface area contributed by atoms with Crippen molar-refractivity contribution in [2.24, 2.45) is 0 Å². The summed E-state index contributed by atoms with van der Waals surface area (Å²) in [5.74, 6) is 0.453. The molecule has 2 rings (SSSR count). The lowest BCUT2D eigenvalue weighted by atomic mass is 10.2.